The van der Waals surface area contributed by atoms with Crippen LogP contribution in [0.5, 0.6) is 0 Å². The summed E-state index contributed by atoms with van der Waals surface area (Å²) >= 11 is 1.13. The zero-order chi connectivity index (χ0) is 12.3. The van der Waals surface area contributed by atoms with E-state index in [1.54, 1.807) is 5.38 Å². The molecule has 0 aliphatic carbocycles. The summed E-state index contributed by atoms with van der Waals surface area (Å²) in [5.41, 5.74) is 0.294. The van der Waals surface area contributed by atoms with Gasteiger partial charge < -0.3 is 4.74 Å². The molecular formula is C10H10F2O3S. The maximum Gasteiger partial charge on any atom is 0.404 e. The average Bonchev–Trinajstić information content (AvgIpc) is 2.63. The molecule has 0 aliphatic heterocycles. The predicted molar refractivity (Wildman–Crippen MR) is 55.0 cm³/mol. The molecule has 1 aromatic rings. The van der Waals surface area contributed by atoms with Gasteiger partial charge in [0.05, 0.1) is 6.61 Å². The molecule has 0 saturated heterocycles. The Bertz CT molecular complexity index is 412. The first kappa shape index (κ1) is 12.8. The van der Waals surface area contributed by atoms with Gasteiger partial charge in [0.2, 0.25) is 5.78 Å². The van der Waals surface area contributed by atoms with Gasteiger partial charge in [0.25, 0.3) is 0 Å². The predicted octanol–water partition coefficient (Wildman–Crippen LogP) is 2.44. The lowest BCUT2D eigenvalue weighted by atomic mass is 10.1. The third-order valence-electron chi connectivity index (χ3n) is 1.92. The zero-order valence-corrected chi connectivity index (χ0v) is 9.57. The molecule has 0 bridgehead atoms. The SMILES string of the molecule is CCOC(=O)C(F)(F)C(=O)c1cscc1C. The van der Waals surface area contributed by atoms with Crippen molar-refractivity contribution >= 4 is 23.1 Å². The number of rotatable bonds is 4. The molecule has 0 atom stereocenters. The summed E-state index contributed by atoms with van der Waals surface area (Å²) in [6, 6.07) is 0. The molecule has 0 fully saturated rings. The average molecular weight is 248 g/mol. The maximum atomic E-state index is 13.3. The van der Waals surface area contributed by atoms with Crippen LogP contribution in [0.4, 0.5) is 8.78 Å². The van der Waals surface area contributed by atoms with Crippen LogP contribution in [-0.2, 0) is 9.53 Å². The molecule has 6 heteroatoms. The summed E-state index contributed by atoms with van der Waals surface area (Å²) in [4.78, 5) is 22.3. The number of thiophene rings is 1. The molecule has 1 aromatic heterocycles. The lowest BCUT2D eigenvalue weighted by molar-refractivity contribution is -0.164. The minimum absolute atomic E-state index is 0.136. The lowest BCUT2D eigenvalue weighted by Crippen LogP contribution is -2.39. The number of aryl methyl sites for hydroxylation is 1. The van der Waals surface area contributed by atoms with Crippen LogP contribution in [0.1, 0.15) is 22.8 Å². The van der Waals surface area contributed by atoms with Crippen LogP contribution in [-0.4, -0.2) is 24.3 Å². The van der Waals surface area contributed by atoms with Crippen molar-refractivity contribution in [3.8, 4) is 0 Å². The second-order valence-corrected chi connectivity index (χ2v) is 3.84. The molecule has 0 amide bonds. The second kappa shape index (κ2) is 4.69. The highest BCUT2D eigenvalue weighted by Crippen LogP contribution is 2.25. The van der Waals surface area contributed by atoms with Crippen molar-refractivity contribution < 1.29 is 23.1 Å². The van der Waals surface area contributed by atoms with Crippen molar-refractivity contribution in [1.29, 1.82) is 0 Å². The minimum Gasteiger partial charge on any atom is -0.461 e. The number of carbonyl (C=O) groups excluding carboxylic acids is 2. The van der Waals surface area contributed by atoms with E-state index in [1.165, 1.54) is 19.2 Å². The molecule has 1 heterocycles. The van der Waals surface area contributed by atoms with Crippen LogP contribution < -0.4 is 0 Å². The Labute approximate surface area is 95.0 Å². The van der Waals surface area contributed by atoms with E-state index in [9.17, 15) is 18.4 Å². The Kier molecular flexibility index (Phi) is 3.74. The van der Waals surface area contributed by atoms with Crippen LogP contribution in [0.3, 0.4) is 0 Å². The highest BCUT2D eigenvalue weighted by Gasteiger charge is 2.49. The fourth-order valence-corrected chi connectivity index (χ4v) is 1.90. The molecule has 0 N–H and O–H groups in total. The molecule has 0 unspecified atom stereocenters. The summed E-state index contributed by atoms with van der Waals surface area (Å²) in [7, 11) is 0. The van der Waals surface area contributed by atoms with Crippen LogP contribution >= 0.6 is 11.3 Å². The van der Waals surface area contributed by atoms with Gasteiger partial charge in [0.1, 0.15) is 0 Å². The van der Waals surface area contributed by atoms with Gasteiger partial charge in [0.15, 0.2) is 0 Å². The number of ether oxygens (including phenoxy) is 1. The van der Waals surface area contributed by atoms with Crippen molar-refractivity contribution in [3.63, 3.8) is 0 Å². The zero-order valence-electron chi connectivity index (χ0n) is 8.75. The molecular weight excluding hydrogens is 238 g/mol. The van der Waals surface area contributed by atoms with E-state index in [1.807, 2.05) is 0 Å². The third kappa shape index (κ3) is 2.27. The summed E-state index contributed by atoms with van der Waals surface area (Å²) in [6.45, 7) is 2.74. The van der Waals surface area contributed by atoms with Crippen molar-refractivity contribution in [3.05, 3.63) is 21.9 Å². The molecule has 0 spiro atoms. The van der Waals surface area contributed by atoms with Crippen molar-refractivity contribution in [2.75, 3.05) is 6.61 Å². The first-order chi connectivity index (χ1) is 7.41. The normalized spacial score (nSPS) is 11.2. The molecule has 88 valence electrons. The smallest absolute Gasteiger partial charge is 0.404 e. The Morgan fingerprint density at radius 3 is 2.50 bits per heavy atom. The molecule has 0 aliphatic rings. The third-order valence-corrected chi connectivity index (χ3v) is 2.78. The number of alkyl halides is 2. The van der Waals surface area contributed by atoms with Crippen molar-refractivity contribution in [2.45, 2.75) is 19.8 Å². The van der Waals surface area contributed by atoms with Crippen molar-refractivity contribution in [2.24, 2.45) is 0 Å². The lowest BCUT2D eigenvalue weighted by Gasteiger charge is -2.12. The van der Waals surface area contributed by atoms with Crippen LogP contribution in [0.15, 0.2) is 10.8 Å². The molecule has 3 nitrogen and oxygen atoms in total. The van der Waals surface area contributed by atoms with Crippen LogP contribution in [0, 0.1) is 6.92 Å². The number of ketones is 1. The van der Waals surface area contributed by atoms with E-state index in [-0.39, 0.29) is 12.2 Å². The standard InChI is InChI=1S/C10H10F2O3S/c1-3-15-9(14)10(11,12)8(13)7-5-16-4-6(7)2/h4-5H,3H2,1-2H3. The van der Waals surface area contributed by atoms with Gasteiger partial charge in [-0.25, -0.2) is 4.79 Å². The Morgan fingerprint density at radius 1 is 1.44 bits per heavy atom. The summed E-state index contributed by atoms with van der Waals surface area (Å²) in [6.07, 6.45) is 0. The summed E-state index contributed by atoms with van der Waals surface area (Å²) in [5, 5.41) is 2.86. The monoisotopic (exact) mass is 248 g/mol. The maximum absolute atomic E-state index is 13.3. The van der Waals surface area contributed by atoms with E-state index >= 15 is 0 Å². The van der Waals surface area contributed by atoms with Gasteiger partial charge in [-0.2, -0.15) is 20.1 Å². The van der Waals surface area contributed by atoms with E-state index < -0.39 is 17.7 Å². The number of esters is 1. The Balaban J connectivity index is 2.97. The summed E-state index contributed by atoms with van der Waals surface area (Å²) in [5.74, 6) is -7.42. The van der Waals surface area contributed by atoms with Gasteiger partial charge in [0, 0.05) is 10.9 Å². The number of hydrogen-bond acceptors (Lipinski definition) is 4. The summed E-state index contributed by atoms with van der Waals surface area (Å²) < 4.78 is 30.8. The quantitative estimate of drug-likeness (QED) is 0.467. The van der Waals surface area contributed by atoms with Gasteiger partial charge >= 0.3 is 11.9 Å². The topological polar surface area (TPSA) is 43.4 Å². The number of halogens is 2. The molecule has 0 radical (unpaired) electrons. The van der Waals surface area contributed by atoms with Crippen LogP contribution in [0.25, 0.3) is 0 Å². The van der Waals surface area contributed by atoms with Gasteiger partial charge in [-0.3, -0.25) is 4.79 Å². The van der Waals surface area contributed by atoms with Crippen LogP contribution in [0.2, 0.25) is 0 Å². The number of hydrogen-bond donors (Lipinski definition) is 0. The highest BCUT2D eigenvalue weighted by molar-refractivity contribution is 7.08. The molecule has 16 heavy (non-hydrogen) atoms. The molecule has 0 saturated carbocycles. The first-order valence-corrected chi connectivity index (χ1v) is 5.48. The van der Waals surface area contributed by atoms with Gasteiger partial charge in [-0.05, 0) is 24.8 Å². The van der Waals surface area contributed by atoms with E-state index in [4.69, 9.17) is 0 Å². The van der Waals surface area contributed by atoms with E-state index in [0.29, 0.717) is 5.56 Å². The second-order valence-electron chi connectivity index (χ2n) is 3.09. The fraction of sp³-hybridized carbons (Fsp3) is 0.400. The molecule has 0 aromatic carbocycles. The number of carbonyl (C=O) groups is 2. The van der Waals surface area contributed by atoms with Crippen molar-refractivity contribution in [1.82, 2.24) is 0 Å². The van der Waals surface area contributed by atoms with E-state index in [0.717, 1.165) is 11.3 Å². The Morgan fingerprint density at radius 2 is 2.06 bits per heavy atom. The largest absolute Gasteiger partial charge is 0.461 e. The van der Waals surface area contributed by atoms with E-state index in [2.05, 4.69) is 4.74 Å². The molecule has 1 rings (SSSR count). The minimum atomic E-state index is -4.11. The Hall–Kier alpha value is -1.30. The first-order valence-electron chi connectivity index (χ1n) is 4.53. The highest BCUT2D eigenvalue weighted by atomic mass is 32.1. The number of Topliss-reactive ketones (excluding diaryl/α,β-unsaturated/α-hetero) is 1. The van der Waals surface area contributed by atoms with Gasteiger partial charge in [-0.1, -0.05) is 0 Å². The van der Waals surface area contributed by atoms with Gasteiger partial charge in [-0.15, -0.1) is 0 Å². The fourth-order valence-electron chi connectivity index (χ4n) is 1.08.